The zero-order valence-corrected chi connectivity index (χ0v) is 9.00. The topological polar surface area (TPSA) is 29.1 Å². The number of benzene rings is 1. The highest BCUT2D eigenvalue weighted by Gasteiger charge is 2.05. The number of aldehydes is 1. The molecule has 13 heavy (non-hydrogen) atoms. The minimum Gasteiger partial charge on any atom is -0.298 e. The van der Waals surface area contributed by atoms with E-state index in [1.54, 1.807) is 6.07 Å². The Morgan fingerprint density at radius 2 is 2.23 bits per heavy atom. The van der Waals surface area contributed by atoms with Crippen LogP contribution in [0.1, 0.15) is 15.9 Å². The van der Waals surface area contributed by atoms with Crippen molar-refractivity contribution in [3.05, 3.63) is 28.3 Å². The Balaban J connectivity index is 3.16. The van der Waals surface area contributed by atoms with E-state index < -0.39 is 0 Å². The summed E-state index contributed by atoms with van der Waals surface area (Å²) < 4.78 is 2.95. The first-order valence-corrected chi connectivity index (χ1v) is 4.97. The molecule has 0 aliphatic heterocycles. The molecule has 0 radical (unpaired) electrons. The third-order valence-corrected chi connectivity index (χ3v) is 2.91. The molecular formula is C9H10ClNOS. The summed E-state index contributed by atoms with van der Waals surface area (Å²) in [6, 6.07) is 3.49. The van der Waals surface area contributed by atoms with Crippen LogP contribution in [0.25, 0.3) is 0 Å². The smallest absolute Gasteiger partial charge is 0.150 e. The average Bonchev–Trinajstić information content (AvgIpc) is 2.13. The van der Waals surface area contributed by atoms with Crippen molar-refractivity contribution < 1.29 is 4.79 Å². The van der Waals surface area contributed by atoms with E-state index >= 15 is 0 Å². The maximum atomic E-state index is 10.5. The quantitative estimate of drug-likeness (QED) is 0.621. The lowest BCUT2D eigenvalue weighted by Gasteiger charge is -2.06. The molecule has 1 N–H and O–H groups in total. The summed E-state index contributed by atoms with van der Waals surface area (Å²) in [4.78, 5) is 11.5. The van der Waals surface area contributed by atoms with Crippen LogP contribution in [0.2, 0.25) is 5.02 Å². The van der Waals surface area contributed by atoms with Crippen LogP contribution < -0.4 is 4.72 Å². The largest absolute Gasteiger partial charge is 0.298 e. The second-order valence-corrected chi connectivity index (χ2v) is 4.01. The van der Waals surface area contributed by atoms with Gasteiger partial charge in [0, 0.05) is 15.5 Å². The van der Waals surface area contributed by atoms with Crippen molar-refractivity contribution in [1.82, 2.24) is 4.72 Å². The summed E-state index contributed by atoms with van der Waals surface area (Å²) in [6.07, 6.45) is 0.797. The van der Waals surface area contributed by atoms with E-state index in [0.29, 0.717) is 10.6 Å². The second kappa shape index (κ2) is 4.65. The van der Waals surface area contributed by atoms with E-state index in [2.05, 4.69) is 4.72 Å². The molecule has 0 unspecified atom stereocenters. The summed E-state index contributed by atoms with van der Waals surface area (Å²) >= 11 is 7.39. The summed E-state index contributed by atoms with van der Waals surface area (Å²) in [5.41, 5.74) is 1.60. The molecule has 0 aromatic heterocycles. The van der Waals surface area contributed by atoms with Crippen LogP contribution in [-0.2, 0) is 0 Å². The van der Waals surface area contributed by atoms with Crippen LogP contribution >= 0.6 is 23.5 Å². The summed E-state index contributed by atoms with van der Waals surface area (Å²) in [5, 5.41) is 0.627. The third kappa shape index (κ3) is 2.46. The Kier molecular flexibility index (Phi) is 3.78. The number of carbonyl (C=O) groups excluding carboxylic acids is 1. The highest BCUT2D eigenvalue weighted by molar-refractivity contribution is 7.97. The fraction of sp³-hybridized carbons (Fsp3) is 0.222. The Morgan fingerprint density at radius 3 is 2.77 bits per heavy atom. The number of hydrogen-bond acceptors (Lipinski definition) is 3. The van der Waals surface area contributed by atoms with Gasteiger partial charge in [0.1, 0.15) is 6.29 Å². The van der Waals surface area contributed by atoms with Gasteiger partial charge < -0.3 is 0 Å². The summed E-state index contributed by atoms with van der Waals surface area (Å²) in [6.45, 7) is 1.93. The standard InChI is InChI=1S/C9H10ClNOS/c1-6-8(10)3-7(5-12)4-9(6)13-11-2/h3-5,11H,1-2H3. The van der Waals surface area contributed by atoms with Gasteiger partial charge in [-0.25, -0.2) is 0 Å². The number of carbonyl (C=O) groups is 1. The van der Waals surface area contributed by atoms with Gasteiger partial charge in [0.25, 0.3) is 0 Å². The van der Waals surface area contributed by atoms with E-state index in [-0.39, 0.29) is 0 Å². The van der Waals surface area contributed by atoms with E-state index in [4.69, 9.17) is 11.6 Å². The van der Waals surface area contributed by atoms with Gasteiger partial charge in [0.2, 0.25) is 0 Å². The van der Waals surface area contributed by atoms with E-state index in [9.17, 15) is 4.79 Å². The molecule has 0 bridgehead atoms. The molecule has 1 aromatic carbocycles. The molecule has 1 rings (SSSR count). The average molecular weight is 216 g/mol. The predicted molar refractivity (Wildman–Crippen MR) is 56.5 cm³/mol. The van der Waals surface area contributed by atoms with Crippen LogP contribution in [0.3, 0.4) is 0 Å². The molecule has 0 atom stereocenters. The van der Waals surface area contributed by atoms with Crippen LogP contribution in [0.15, 0.2) is 17.0 Å². The first-order chi connectivity index (χ1) is 6.19. The minimum absolute atomic E-state index is 0.605. The lowest BCUT2D eigenvalue weighted by Crippen LogP contribution is -1.94. The monoisotopic (exact) mass is 215 g/mol. The number of hydrogen-bond donors (Lipinski definition) is 1. The zero-order valence-electron chi connectivity index (χ0n) is 7.43. The van der Waals surface area contributed by atoms with Gasteiger partial charge in [0.05, 0.1) is 0 Å². The molecule has 70 valence electrons. The molecule has 0 amide bonds. The van der Waals surface area contributed by atoms with Crippen molar-refractivity contribution in [2.24, 2.45) is 0 Å². The number of nitrogens with one attached hydrogen (secondary N) is 1. The predicted octanol–water partition coefficient (Wildman–Crippen LogP) is 2.69. The molecule has 0 saturated carbocycles. The van der Waals surface area contributed by atoms with Crippen molar-refractivity contribution in [2.45, 2.75) is 11.8 Å². The van der Waals surface area contributed by atoms with Gasteiger partial charge in [-0.05, 0) is 43.6 Å². The Bertz CT molecular complexity index is 328. The Hall–Kier alpha value is -0.510. The fourth-order valence-electron chi connectivity index (χ4n) is 0.958. The van der Waals surface area contributed by atoms with Gasteiger partial charge >= 0.3 is 0 Å². The van der Waals surface area contributed by atoms with Crippen molar-refractivity contribution in [3.63, 3.8) is 0 Å². The molecule has 2 nitrogen and oxygen atoms in total. The molecule has 1 aromatic rings. The molecule has 0 saturated heterocycles. The normalized spacial score (nSPS) is 10.1. The summed E-state index contributed by atoms with van der Waals surface area (Å²) in [7, 11) is 1.82. The van der Waals surface area contributed by atoms with Crippen LogP contribution in [-0.4, -0.2) is 13.3 Å². The van der Waals surface area contributed by atoms with Gasteiger partial charge in [-0.1, -0.05) is 11.6 Å². The van der Waals surface area contributed by atoms with E-state index in [0.717, 1.165) is 16.7 Å². The SMILES string of the molecule is CNSc1cc(C=O)cc(Cl)c1C. The molecule has 0 aliphatic carbocycles. The zero-order chi connectivity index (χ0) is 9.84. The van der Waals surface area contributed by atoms with Gasteiger partial charge in [0.15, 0.2) is 0 Å². The van der Waals surface area contributed by atoms with E-state index in [1.807, 2.05) is 20.0 Å². The van der Waals surface area contributed by atoms with E-state index in [1.165, 1.54) is 11.9 Å². The Morgan fingerprint density at radius 1 is 1.54 bits per heavy atom. The lowest BCUT2D eigenvalue weighted by molar-refractivity contribution is 0.112. The van der Waals surface area contributed by atoms with Gasteiger partial charge in [-0.2, -0.15) is 0 Å². The van der Waals surface area contributed by atoms with Gasteiger partial charge in [-0.15, -0.1) is 0 Å². The van der Waals surface area contributed by atoms with Crippen molar-refractivity contribution >= 4 is 29.8 Å². The molecular weight excluding hydrogens is 206 g/mol. The first-order valence-electron chi connectivity index (χ1n) is 3.78. The first kappa shape index (κ1) is 10.6. The van der Waals surface area contributed by atoms with Crippen molar-refractivity contribution in [3.8, 4) is 0 Å². The van der Waals surface area contributed by atoms with Crippen LogP contribution in [0.5, 0.6) is 0 Å². The molecule has 4 heteroatoms. The maximum Gasteiger partial charge on any atom is 0.150 e. The van der Waals surface area contributed by atoms with Crippen molar-refractivity contribution in [2.75, 3.05) is 7.05 Å². The second-order valence-electron chi connectivity index (χ2n) is 2.55. The number of halogens is 1. The highest BCUT2D eigenvalue weighted by atomic mass is 35.5. The molecule has 0 heterocycles. The maximum absolute atomic E-state index is 10.5. The molecule has 0 aliphatic rings. The highest BCUT2D eigenvalue weighted by Crippen LogP contribution is 2.27. The van der Waals surface area contributed by atoms with Crippen LogP contribution in [0, 0.1) is 6.92 Å². The van der Waals surface area contributed by atoms with Crippen LogP contribution in [0.4, 0.5) is 0 Å². The fourth-order valence-corrected chi connectivity index (χ4v) is 1.92. The van der Waals surface area contributed by atoms with Crippen molar-refractivity contribution in [1.29, 1.82) is 0 Å². The lowest BCUT2D eigenvalue weighted by atomic mass is 10.2. The molecule has 0 fully saturated rings. The molecule has 0 spiro atoms. The number of rotatable bonds is 3. The van der Waals surface area contributed by atoms with Gasteiger partial charge in [-0.3, -0.25) is 9.52 Å². The Labute approximate surface area is 86.8 Å². The minimum atomic E-state index is 0.605. The third-order valence-electron chi connectivity index (χ3n) is 1.67. The summed E-state index contributed by atoms with van der Waals surface area (Å²) in [5.74, 6) is 0.